The molecule has 0 aliphatic carbocycles. The van der Waals surface area contributed by atoms with Crippen LogP contribution in [0.1, 0.15) is 67.2 Å². The number of fused-ring (bicyclic) bond motifs is 2. The van der Waals surface area contributed by atoms with Crippen molar-refractivity contribution in [1.82, 2.24) is 14.9 Å². The highest BCUT2D eigenvalue weighted by Crippen LogP contribution is 2.45. The lowest BCUT2D eigenvalue weighted by Gasteiger charge is -2.34. The molecule has 0 spiro atoms. The Balaban J connectivity index is 1.41. The zero-order chi connectivity index (χ0) is 32.1. The molecule has 45 heavy (non-hydrogen) atoms. The topological polar surface area (TPSA) is 106 Å². The van der Waals surface area contributed by atoms with E-state index in [2.05, 4.69) is 28.3 Å². The van der Waals surface area contributed by atoms with Crippen LogP contribution >= 0.6 is 0 Å². The van der Waals surface area contributed by atoms with Crippen LogP contribution in [0.2, 0.25) is 0 Å². The Hall–Kier alpha value is -3.44. The number of nitrogen functional groups attached to an aromatic ring is 1. The Kier molecular flexibility index (Phi) is 8.22. The quantitative estimate of drug-likeness (QED) is 0.218. The van der Waals surface area contributed by atoms with E-state index in [9.17, 15) is 18.3 Å². The Labute approximate surface area is 259 Å². The summed E-state index contributed by atoms with van der Waals surface area (Å²) in [6.07, 6.45) is -3.71. The van der Waals surface area contributed by atoms with Gasteiger partial charge in [0.25, 0.3) is 0 Å². The lowest BCUT2D eigenvalue weighted by Crippen LogP contribution is -2.44. The molecular formula is C32H37F4N5O4. The maximum atomic E-state index is 15.5. The van der Waals surface area contributed by atoms with Crippen molar-refractivity contribution >= 4 is 11.5 Å². The third-order valence-corrected chi connectivity index (χ3v) is 9.01. The van der Waals surface area contributed by atoms with Crippen LogP contribution in [0.5, 0.6) is 6.01 Å². The van der Waals surface area contributed by atoms with Gasteiger partial charge in [0.1, 0.15) is 18.0 Å². The van der Waals surface area contributed by atoms with Crippen LogP contribution in [0.4, 0.5) is 29.1 Å². The fourth-order valence-electron chi connectivity index (χ4n) is 7.11. The average Bonchev–Trinajstić information content (AvgIpc) is 3.42. The van der Waals surface area contributed by atoms with Crippen LogP contribution < -0.4 is 15.4 Å². The first-order valence-corrected chi connectivity index (χ1v) is 15.0. The van der Waals surface area contributed by atoms with E-state index in [4.69, 9.17) is 24.9 Å². The summed E-state index contributed by atoms with van der Waals surface area (Å²) in [4.78, 5) is 13.6. The van der Waals surface area contributed by atoms with Gasteiger partial charge in [-0.1, -0.05) is 18.1 Å². The Morgan fingerprint density at radius 2 is 2.09 bits per heavy atom. The molecule has 4 aliphatic rings. The lowest BCUT2D eigenvalue weighted by atomic mass is 9.90. The highest BCUT2D eigenvalue weighted by Gasteiger charge is 2.47. The van der Waals surface area contributed by atoms with Gasteiger partial charge in [0, 0.05) is 36.2 Å². The van der Waals surface area contributed by atoms with Crippen molar-refractivity contribution in [1.29, 1.82) is 0 Å². The molecule has 5 heterocycles. The first-order chi connectivity index (χ1) is 21.3. The first-order valence-electron chi connectivity index (χ1n) is 15.0. The maximum absolute atomic E-state index is 15.5. The third-order valence-electron chi connectivity index (χ3n) is 9.01. The zero-order valence-electron chi connectivity index (χ0n) is 25.4. The molecule has 242 valence electrons. The summed E-state index contributed by atoms with van der Waals surface area (Å²) in [5.41, 5.74) is 3.65. The van der Waals surface area contributed by atoms with Gasteiger partial charge in [0.05, 0.1) is 55.0 Å². The fourth-order valence-corrected chi connectivity index (χ4v) is 7.11. The number of nitrogens with two attached hydrogens (primary N) is 1. The number of alkyl halides is 3. The number of aliphatic hydroxyl groups is 1. The number of benzene rings is 1. The van der Waals surface area contributed by atoms with E-state index in [1.807, 2.05) is 4.90 Å². The predicted molar refractivity (Wildman–Crippen MR) is 158 cm³/mol. The standard InChI is InChI=1S/C32H37F4N5O4/c1-4-6-20-11-22(37)27(33)25(26(20)32(34,35)36)24-12-23-21(15-44-24)28(40-9-10-43-17-30(3,42)16-40)39-29(38-23)45-18-31-7-5-8-41(31)14-19(2)13-31/h11,24,42H,2,5,7-10,12-18,37H2,1,3H3/t24-,30+,31+/m1/s1. The molecule has 0 radical (unpaired) electrons. The van der Waals surface area contributed by atoms with Gasteiger partial charge in [-0.3, -0.25) is 4.90 Å². The summed E-state index contributed by atoms with van der Waals surface area (Å²) in [6, 6.07) is 0.951. The number of aromatic nitrogens is 2. The molecule has 0 bridgehead atoms. The van der Waals surface area contributed by atoms with Crippen molar-refractivity contribution < 1.29 is 36.9 Å². The molecule has 9 nitrogen and oxygen atoms in total. The van der Waals surface area contributed by atoms with Crippen molar-refractivity contribution in [2.45, 2.75) is 69.6 Å². The molecule has 0 unspecified atom stereocenters. The summed E-state index contributed by atoms with van der Waals surface area (Å²) in [5.74, 6) is 4.10. The SMILES string of the molecule is C=C1CN2CCC[C@@]2(COc2nc3c(c(N4CCOC[C@@](C)(O)C4)n2)CO[C@@H](c2c(F)c(N)cc(C#CC)c2C(F)(F)F)C3)C1. The zero-order valence-corrected chi connectivity index (χ0v) is 25.4. The van der Waals surface area contributed by atoms with Gasteiger partial charge in [0.2, 0.25) is 0 Å². The van der Waals surface area contributed by atoms with Crippen LogP contribution in [0, 0.1) is 17.7 Å². The largest absolute Gasteiger partial charge is 0.461 e. The molecule has 3 fully saturated rings. The van der Waals surface area contributed by atoms with Gasteiger partial charge < -0.3 is 30.0 Å². The van der Waals surface area contributed by atoms with Gasteiger partial charge in [-0.15, -0.1) is 5.92 Å². The molecule has 1 aromatic heterocycles. The Morgan fingerprint density at radius 1 is 1.29 bits per heavy atom. The molecule has 1 aromatic carbocycles. The number of nitrogens with zero attached hydrogens (tertiary/aromatic N) is 4. The monoisotopic (exact) mass is 631 g/mol. The second kappa shape index (κ2) is 11.7. The van der Waals surface area contributed by atoms with Crippen molar-refractivity contribution in [3.8, 4) is 17.9 Å². The molecule has 6 rings (SSSR count). The first kappa shape index (κ1) is 31.5. The molecule has 2 aromatic rings. The van der Waals surface area contributed by atoms with Crippen LogP contribution in [0.15, 0.2) is 18.2 Å². The lowest BCUT2D eigenvalue weighted by molar-refractivity contribution is -0.140. The molecule has 0 saturated carbocycles. The highest BCUT2D eigenvalue weighted by atomic mass is 19.4. The Bertz CT molecular complexity index is 1570. The van der Waals surface area contributed by atoms with Crippen LogP contribution in [0.3, 0.4) is 0 Å². The highest BCUT2D eigenvalue weighted by molar-refractivity contribution is 5.59. The normalized spacial score (nSPS) is 27.0. The third kappa shape index (κ3) is 6.08. The minimum absolute atomic E-state index is 0.0505. The van der Waals surface area contributed by atoms with E-state index in [0.717, 1.165) is 44.0 Å². The number of halogens is 4. The van der Waals surface area contributed by atoms with E-state index < -0.39 is 46.1 Å². The summed E-state index contributed by atoms with van der Waals surface area (Å²) < 4.78 is 76.7. The van der Waals surface area contributed by atoms with E-state index in [-0.39, 0.29) is 37.7 Å². The summed E-state index contributed by atoms with van der Waals surface area (Å²) in [6.45, 7) is 10.1. The van der Waals surface area contributed by atoms with E-state index in [0.29, 0.717) is 36.8 Å². The van der Waals surface area contributed by atoms with Gasteiger partial charge in [0.15, 0.2) is 5.82 Å². The Morgan fingerprint density at radius 3 is 2.84 bits per heavy atom. The van der Waals surface area contributed by atoms with Crippen molar-refractivity contribution in [2.24, 2.45) is 0 Å². The number of rotatable bonds is 5. The van der Waals surface area contributed by atoms with Crippen molar-refractivity contribution in [3.63, 3.8) is 0 Å². The number of ether oxygens (including phenoxy) is 3. The smallest absolute Gasteiger partial charge is 0.418 e. The summed E-state index contributed by atoms with van der Waals surface area (Å²) in [7, 11) is 0. The van der Waals surface area contributed by atoms with E-state index >= 15 is 4.39 Å². The maximum Gasteiger partial charge on any atom is 0.418 e. The van der Waals surface area contributed by atoms with Crippen LogP contribution in [0.25, 0.3) is 0 Å². The minimum Gasteiger partial charge on any atom is -0.461 e. The van der Waals surface area contributed by atoms with Gasteiger partial charge in [-0.05, 0) is 45.7 Å². The summed E-state index contributed by atoms with van der Waals surface area (Å²) in [5, 5.41) is 10.9. The van der Waals surface area contributed by atoms with Gasteiger partial charge in [-0.25, -0.2) is 4.39 Å². The number of hydrogen-bond donors (Lipinski definition) is 2. The van der Waals surface area contributed by atoms with E-state index in [1.165, 1.54) is 6.92 Å². The van der Waals surface area contributed by atoms with Crippen LogP contribution in [-0.4, -0.2) is 77.1 Å². The molecule has 3 saturated heterocycles. The molecule has 13 heteroatoms. The van der Waals surface area contributed by atoms with Gasteiger partial charge in [-0.2, -0.15) is 23.1 Å². The molecular weight excluding hydrogens is 594 g/mol. The minimum atomic E-state index is -4.92. The summed E-state index contributed by atoms with van der Waals surface area (Å²) >= 11 is 0. The average molecular weight is 632 g/mol. The number of hydrogen-bond acceptors (Lipinski definition) is 9. The van der Waals surface area contributed by atoms with Crippen LogP contribution in [-0.2, 0) is 28.7 Å². The molecule has 3 atom stereocenters. The van der Waals surface area contributed by atoms with Gasteiger partial charge >= 0.3 is 12.2 Å². The second-order valence-electron chi connectivity index (χ2n) is 12.7. The van der Waals surface area contributed by atoms with E-state index in [1.54, 1.807) is 6.92 Å². The predicted octanol–water partition coefficient (Wildman–Crippen LogP) is 4.16. The molecule has 0 amide bonds. The number of β-amino-alcohol motifs (C(OH)–C–C–N with tert-alkyl or cyclic N) is 1. The fraction of sp³-hybridized carbons (Fsp3) is 0.562. The second-order valence-corrected chi connectivity index (χ2v) is 12.7. The van der Waals surface area contributed by atoms with Crippen molar-refractivity contribution in [2.75, 3.05) is 56.6 Å². The number of anilines is 2. The molecule has 4 aliphatic heterocycles. The molecule has 3 N–H and O–H groups in total. The van der Waals surface area contributed by atoms with Crippen molar-refractivity contribution in [3.05, 3.63) is 52.0 Å².